The maximum atomic E-state index is 15.0. The van der Waals surface area contributed by atoms with Crippen molar-refractivity contribution in [3.63, 3.8) is 0 Å². The molecule has 1 aromatic heterocycles. The van der Waals surface area contributed by atoms with E-state index in [0.29, 0.717) is 28.6 Å². The number of aromatic nitrogens is 1. The second-order valence-electron chi connectivity index (χ2n) is 8.12. The molecule has 1 fully saturated rings. The van der Waals surface area contributed by atoms with Crippen molar-refractivity contribution in [2.45, 2.75) is 25.4 Å². The van der Waals surface area contributed by atoms with Crippen LogP contribution in [0.4, 0.5) is 27.8 Å². The van der Waals surface area contributed by atoms with E-state index in [0.717, 1.165) is 12.1 Å². The molecule has 0 saturated carbocycles. The van der Waals surface area contributed by atoms with E-state index in [4.69, 9.17) is 15.2 Å². The summed E-state index contributed by atoms with van der Waals surface area (Å²) in [4.78, 5) is 18.9. The molecular weight excluding hydrogens is 461 g/mol. The van der Waals surface area contributed by atoms with Gasteiger partial charge in [0.25, 0.3) is 5.91 Å². The number of amides is 1. The van der Waals surface area contributed by atoms with Crippen LogP contribution in [0.3, 0.4) is 0 Å². The number of hydrogen-bond acceptors (Lipinski definition) is 5. The molecule has 11 heteroatoms. The second kappa shape index (κ2) is 8.17. The molecule has 0 bridgehead atoms. The normalized spacial score (nSPS) is 18.4. The lowest BCUT2D eigenvalue weighted by molar-refractivity contribution is -0.140. The van der Waals surface area contributed by atoms with Gasteiger partial charge in [-0.2, -0.15) is 13.2 Å². The number of pyridine rings is 1. The molecule has 5 rings (SSSR count). The second-order valence-corrected chi connectivity index (χ2v) is 8.12. The Hall–Kier alpha value is -3.31. The minimum absolute atomic E-state index is 0.0148. The van der Waals surface area contributed by atoms with Gasteiger partial charge in [0.1, 0.15) is 17.5 Å². The largest absolute Gasteiger partial charge is 0.419 e. The average Bonchev–Trinajstić information content (AvgIpc) is 3.29. The fraction of sp³-hybridized carbons (Fsp3) is 0.304. The average molecular weight is 479 g/mol. The SMILES string of the molecule is Nc1nc2cc(F)c(C(=O)N3CCOC[C@@H]3c3ccc(F)c(C(F)(F)F)c3)cc2c2c1COC2. The van der Waals surface area contributed by atoms with E-state index in [9.17, 15) is 22.4 Å². The summed E-state index contributed by atoms with van der Waals surface area (Å²) >= 11 is 0. The van der Waals surface area contributed by atoms with E-state index in [2.05, 4.69) is 4.98 Å². The summed E-state index contributed by atoms with van der Waals surface area (Å²) in [5.41, 5.74) is 5.90. The molecule has 1 atom stereocenters. The molecular formula is C23H18F5N3O3. The third kappa shape index (κ3) is 3.74. The van der Waals surface area contributed by atoms with E-state index in [1.165, 1.54) is 11.0 Å². The van der Waals surface area contributed by atoms with Gasteiger partial charge in [-0.25, -0.2) is 13.8 Å². The molecule has 0 unspecified atom stereocenters. The highest BCUT2D eigenvalue weighted by Gasteiger charge is 2.37. The van der Waals surface area contributed by atoms with Gasteiger partial charge in [0.05, 0.1) is 49.1 Å². The minimum Gasteiger partial charge on any atom is -0.383 e. The zero-order chi connectivity index (χ0) is 24.2. The van der Waals surface area contributed by atoms with Crippen LogP contribution in [0.5, 0.6) is 0 Å². The van der Waals surface area contributed by atoms with E-state index in [1.807, 2.05) is 0 Å². The molecule has 3 heterocycles. The van der Waals surface area contributed by atoms with Crippen LogP contribution in [-0.4, -0.2) is 35.5 Å². The van der Waals surface area contributed by atoms with Gasteiger partial charge >= 0.3 is 6.18 Å². The number of carbonyl (C=O) groups excluding carboxylic acids is 1. The van der Waals surface area contributed by atoms with E-state index in [1.54, 1.807) is 0 Å². The smallest absolute Gasteiger partial charge is 0.383 e. The van der Waals surface area contributed by atoms with Crippen molar-refractivity contribution in [3.8, 4) is 0 Å². The number of hydrogen-bond donors (Lipinski definition) is 1. The van der Waals surface area contributed by atoms with Crippen molar-refractivity contribution >= 4 is 22.6 Å². The fourth-order valence-corrected chi connectivity index (χ4v) is 4.40. The first kappa shape index (κ1) is 22.5. The van der Waals surface area contributed by atoms with Crippen molar-refractivity contribution < 1.29 is 36.2 Å². The highest BCUT2D eigenvalue weighted by molar-refractivity contribution is 6.00. The van der Waals surface area contributed by atoms with Crippen LogP contribution in [0.1, 0.15) is 38.7 Å². The van der Waals surface area contributed by atoms with Crippen molar-refractivity contribution in [2.75, 3.05) is 25.5 Å². The third-order valence-corrected chi connectivity index (χ3v) is 6.12. The first-order chi connectivity index (χ1) is 16.1. The lowest BCUT2D eigenvalue weighted by Gasteiger charge is -2.36. The summed E-state index contributed by atoms with van der Waals surface area (Å²) in [5, 5.41) is 0.511. The number of nitrogens with two attached hydrogens (primary N) is 1. The molecule has 2 aromatic carbocycles. The quantitative estimate of drug-likeness (QED) is 0.553. The molecule has 0 spiro atoms. The minimum atomic E-state index is -4.91. The highest BCUT2D eigenvalue weighted by Crippen LogP contribution is 2.36. The van der Waals surface area contributed by atoms with Crippen molar-refractivity contribution in [1.29, 1.82) is 0 Å². The Kier molecular flexibility index (Phi) is 5.40. The zero-order valence-electron chi connectivity index (χ0n) is 17.6. The van der Waals surface area contributed by atoms with Gasteiger partial charge in [-0.1, -0.05) is 6.07 Å². The molecule has 34 heavy (non-hydrogen) atoms. The number of carbonyl (C=O) groups is 1. The summed E-state index contributed by atoms with van der Waals surface area (Å²) in [5.74, 6) is -2.77. The van der Waals surface area contributed by atoms with Gasteiger partial charge in [-0.15, -0.1) is 0 Å². The third-order valence-electron chi connectivity index (χ3n) is 6.12. The monoisotopic (exact) mass is 479 g/mol. The molecule has 178 valence electrons. The summed E-state index contributed by atoms with van der Waals surface area (Å²) in [7, 11) is 0. The van der Waals surface area contributed by atoms with Crippen molar-refractivity contribution in [2.24, 2.45) is 0 Å². The lowest BCUT2D eigenvalue weighted by Crippen LogP contribution is -2.43. The number of halogens is 5. The van der Waals surface area contributed by atoms with E-state index >= 15 is 4.39 Å². The van der Waals surface area contributed by atoms with Crippen LogP contribution >= 0.6 is 0 Å². The standard InChI is InChI=1S/C23H18F5N3O3/c24-17-2-1-11(5-16(17)23(26,27)28)20-10-33-4-3-31(20)22(32)13-6-12-14-8-34-9-15(14)21(29)30-19(12)7-18(13)25/h1-2,5-7,20H,3-4,8-10H2,(H2,29,30)/t20-/m1/s1. The number of ether oxygens (including phenoxy) is 2. The summed E-state index contributed by atoms with van der Waals surface area (Å²) in [6.45, 7) is 0.494. The van der Waals surface area contributed by atoms with Crippen LogP contribution in [0.25, 0.3) is 10.9 Å². The van der Waals surface area contributed by atoms with Crippen molar-refractivity contribution in [3.05, 3.63) is 69.8 Å². The van der Waals surface area contributed by atoms with Crippen molar-refractivity contribution in [1.82, 2.24) is 9.88 Å². The molecule has 6 nitrogen and oxygen atoms in total. The number of morpholine rings is 1. The maximum Gasteiger partial charge on any atom is 0.419 e. The first-order valence-corrected chi connectivity index (χ1v) is 10.4. The number of rotatable bonds is 2. The van der Waals surface area contributed by atoms with Crippen LogP contribution in [-0.2, 0) is 28.9 Å². The number of nitrogen functional groups attached to an aromatic ring is 1. The summed E-state index contributed by atoms with van der Waals surface area (Å²) in [6, 6.07) is 4.03. The van der Waals surface area contributed by atoms with Crippen LogP contribution in [0.2, 0.25) is 0 Å². The van der Waals surface area contributed by atoms with Gasteiger partial charge in [0, 0.05) is 23.6 Å². The van der Waals surface area contributed by atoms with Gasteiger partial charge in [-0.05, 0) is 29.3 Å². The van der Waals surface area contributed by atoms with Gasteiger partial charge in [0.15, 0.2) is 0 Å². The lowest BCUT2D eigenvalue weighted by atomic mass is 9.99. The number of benzene rings is 2. The van der Waals surface area contributed by atoms with Gasteiger partial charge < -0.3 is 20.1 Å². The van der Waals surface area contributed by atoms with Crippen LogP contribution in [0.15, 0.2) is 30.3 Å². The van der Waals surface area contributed by atoms with Gasteiger partial charge in [0.2, 0.25) is 0 Å². The Balaban J connectivity index is 1.56. The molecule has 3 aromatic rings. The van der Waals surface area contributed by atoms with Crippen LogP contribution < -0.4 is 5.73 Å². The predicted octanol–water partition coefficient (Wildman–Crippen LogP) is 4.36. The molecule has 1 saturated heterocycles. The predicted molar refractivity (Wildman–Crippen MR) is 111 cm³/mol. The number of nitrogens with zero attached hydrogens (tertiary/aromatic N) is 2. The molecule has 1 amide bonds. The molecule has 0 aliphatic carbocycles. The fourth-order valence-electron chi connectivity index (χ4n) is 4.40. The summed E-state index contributed by atoms with van der Waals surface area (Å²) < 4.78 is 79.3. The number of anilines is 1. The maximum absolute atomic E-state index is 15.0. The molecule has 0 radical (unpaired) electrons. The molecule has 2 N–H and O–H groups in total. The zero-order valence-corrected chi connectivity index (χ0v) is 17.6. The Morgan fingerprint density at radius 1 is 1.06 bits per heavy atom. The van der Waals surface area contributed by atoms with E-state index in [-0.39, 0.29) is 55.4 Å². The Bertz CT molecular complexity index is 1310. The Morgan fingerprint density at radius 2 is 1.82 bits per heavy atom. The Morgan fingerprint density at radius 3 is 2.59 bits per heavy atom. The highest BCUT2D eigenvalue weighted by atomic mass is 19.4. The molecule has 2 aliphatic rings. The van der Waals surface area contributed by atoms with Gasteiger partial charge in [-0.3, -0.25) is 4.79 Å². The topological polar surface area (TPSA) is 77.7 Å². The van der Waals surface area contributed by atoms with Crippen LogP contribution in [0, 0.1) is 11.6 Å². The first-order valence-electron chi connectivity index (χ1n) is 10.4. The summed E-state index contributed by atoms with van der Waals surface area (Å²) in [6.07, 6.45) is -4.91. The Labute approximate surface area is 190 Å². The number of alkyl halides is 3. The number of fused-ring (bicyclic) bond motifs is 3. The van der Waals surface area contributed by atoms with E-state index < -0.39 is 35.3 Å². The molecule has 2 aliphatic heterocycles.